The molecule has 0 aliphatic carbocycles. The van der Waals surface area contributed by atoms with Crippen LogP contribution in [0.4, 0.5) is 0 Å². The zero-order valence-electron chi connectivity index (χ0n) is 16.5. The molecule has 30 heavy (non-hydrogen) atoms. The molecule has 0 bridgehead atoms. The number of nitrogens with zero attached hydrogens (tertiary/aromatic N) is 1. The first-order valence-corrected chi connectivity index (χ1v) is 9.67. The van der Waals surface area contributed by atoms with Gasteiger partial charge in [0.1, 0.15) is 0 Å². The summed E-state index contributed by atoms with van der Waals surface area (Å²) in [7, 11) is 1.50. The van der Waals surface area contributed by atoms with Gasteiger partial charge in [0.15, 0.2) is 0 Å². The summed E-state index contributed by atoms with van der Waals surface area (Å²) >= 11 is 0. The van der Waals surface area contributed by atoms with Crippen molar-refractivity contribution in [3.63, 3.8) is 0 Å². The van der Waals surface area contributed by atoms with Crippen LogP contribution in [-0.2, 0) is 17.7 Å². The lowest BCUT2D eigenvalue weighted by Gasteiger charge is -2.08. The number of nitrogens with one attached hydrogen (secondary N) is 3. The Labute approximate surface area is 171 Å². The van der Waals surface area contributed by atoms with Crippen molar-refractivity contribution in [1.82, 2.24) is 19.9 Å². The summed E-state index contributed by atoms with van der Waals surface area (Å²) in [6, 6.07) is 12.7. The Balaban J connectivity index is 1.49. The first-order valence-electron chi connectivity index (χ1n) is 9.67. The van der Waals surface area contributed by atoms with Crippen LogP contribution < -0.4 is 16.6 Å². The second-order valence-corrected chi connectivity index (χ2v) is 7.01. The molecule has 4 aromatic rings. The van der Waals surface area contributed by atoms with Gasteiger partial charge in [0, 0.05) is 36.3 Å². The Bertz CT molecular complexity index is 1330. The molecule has 8 nitrogen and oxygen atoms in total. The van der Waals surface area contributed by atoms with Crippen molar-refractivity contribution in [3.8, 4) is 0 Å². The maximum atomic E-state index is 12.5. The number of rotatable bonds is 7. The molecule has 2 aromatic heterocycles. The standard InChI is InChI=1S/C22H22N4O4/c1-30-11-10-26-21(28)17-7-6-14(12-19(17)25-22(26)29)20(27)23-9-8-15-13-24-18-5-3-2-4-16(15)18/h2-7,12-13,24H,8-11H2,1H3,(H,23,27)(H,25,29). The van der Waals surface area contributed by atoms with Gasteiger partial charge in [-0.25, -0.2) is 4.79 Å². The van der Waals surface area contributed by atoms with Crippen LogP contribution in [0.25, 0.3) is 21.8 Å². The Morgan fingerprint density at radius 2 is 1.93 bits per heavy atom. The number of aromatic amines is 2. The molecule has 4 rings (SSSR count). The van der Waals surface area contributed by atoms with Crippen LogP contribution in [-0.4, -0.2) is 40.7 Å². The molecule has 0 spiro atoms. The Morgan fingerprint density at radius 3 is 2.77 bits per heavy atom. The number of carbonyl (C=O) groups is 1. The number of H-pyrrole nitrogens is 2. The van der Waals surface area contributed by atoms with E-state index < -0.39 is 11.2 Å². The van der Waals surface area contributed by atoms with E-state index in [0.717, 1.165) is 21.0 Å². The number of ether oxygens (including phenoxy) is 1. The quantitative estimate of drug-likeness (QED) is 0.435. The third-order valence-corrected chi connectivity index (χ3v) is 5.12. The van der Waals surface area contributed by atoms with E-state index >= 15 is 0 Å². The van der Waals surface area contributed by atoms with Crippen LogP contribution in [0.1, 0.15) is 15.9 Å². The van der Waals surface area contributed by atoms with Gasteiger partial charge < -0.3 is 20.0 Å². The van der Waals surface area contributed by atoms with Gasteiger partial charge in [0.2, 0.25) is 0 Å². The minimum atomic E-state index is -0.526. The first kappa shape index (κ1) is 19.7. The largest absolute Gasteiger partial charge is 0.383 e. The maximum Gasteiger partial charge on any atom is 0.328 e. The van der Waals surface area contributed by atoms with Crippen molar-refractivity contribution in [1.29, 1.82) is 0 Å². The number of para-hydroxylation sites is 1. The van der Waals surface area contributed by atoms with Crippen LogP contribution >= 0.6 is 0 Å². The van der Waals surface area contributed by atoms with Gasteiger partial charge in [-0.2, -0.15) is 0 Å². The smallest absolute Gasteiger partial charge is 0.328 e. The molecule has 2 aromatic carbocycles. The minimum absolute atomic E-state index is 0.163. The predicted octanol–water partition coefficient (Wildman–Crippen LogP) is 1.79. The van der Waals surface area contributed by atoms with Crippen LogP contribution in [0.5, 0.6) is 0 Å². The molecule has 0 saturated heterocycles. The number of amides is 1. The first-order chi connectivity index (χ1) is 14.6. The summed E-state index contributed by atoms with van der Waals surface area (Å²) in [6.45, 7) is 0.885. The molecule has 0 unspecified atom stereocenters. The number of hydrogen-bond donors (Lipinski definition) is 3. The van der Waals surface area contributed by atoms with Crippen LogP contribution in [0.3, 0.4) is 0 Å². The molecular formula is C22H22N4O4. The fraction of sp³-hybridized carbons (Fsp3) is 0.227. The topological polar surface area (TPSA) is 109 Å². The van der Waals surface area contributed by atoms with Crippen molar-refractivity contribution in [3.05, 3.63) is 80.6 Å². The van der Waals surface area contributed by atoms with E-state index in [-0.39, 0.29) is 19.1 Å². The summed E-state index contributed by atoms with van der Waals surface area (Å²) in [5.41, 5.74) is 1.98. The molecule has 0 fully saturated rings. The summed E-state index contributed by atoms with van der Waals surface area (Å²) in [4.78, 5) is 43.2. The van der Waals surface area contributed by atoms with Gasteiger partial charge in [0.05, 0.1) is 24.1 Å². The summed E-state index contributed by atoms with van der Waals surface area (Å²) in [5.74, 6) is -0.263. The lowest BCUT2D eigenvalue weighted by atomic mass is 10.1. The third kappa shape index (κ3) is 3.77. The fourth-order valence-corrected chi connectivity index (χ4v) is 3.53. The van der Waals surface area contributed by atoms with Gasteiger partial charge in [-0.1, -0.05) is 18.2 Å². The van der Waals surface area contributed by atoms with E-state index in [1.807, 2.05) is 30.5 Å². The highest BCUT2D eigenvalue weighted by molar-refractivity contribution is 5.97. The number of hydrogen-bond acceptors (Lipinski definition) is 4. The van der Waals surface area contributed by atoms with Crippen molar-refractivity contribution in [2.24, 2.45) is 0 Å². The molecular weight excluding hydrogens is 384 g/mol. The molecule has 0 saturated carbocycles. The number of fused-ring (bicyclic) bond motifs is 2. The van der Waals surface area contributed by atoms with Crippen molar-refractivity contribution in [2.75, 3.05) is 20.3 Å². The molecule has 3 N–H and O–H groups in total. The molecule has 0 aliphatic rings. The average molecular weight is 406 g/mol. The molecule has 0 aliphatic heterocycles. The Hall–Kier alpha value is -3.65. The maximum absolute atomic E-state index is 12.5. The van der Waals surface area contributed by atoms with Gasteiger partial charge in [-0.3, -0.25) is 14.2 Å². The van der Waals surface area contributed by atoms with Gasteiger partial charge in [0.25, 0.3) is 11.5 Å². The molecule has 2 heterocycles. The summed E-state index contributed by atoms with van der Waals surface area (Å²) in [6.07, 6.45) is 2.64. The lowest BCUT2D eigenvalue weighted by Crippen LogP contribution is -2.36. The normalized spacial score (nSPS) is 11.2. The lowest BCUT2D eigenvalue weighted by molar-refractivity contribution is 0.0954. The fourth-order valence-electron chi connectivity index (χ4n) is 3.53. The number of aromatic nitrogens is 3. The van der Waals surface area contributed by atoms with Crippen molar-refractivity contribution in [2.45, 2.75) is 13.0 Å². The van der Waals surface area contributed by atoms with E-state index in [1.54, 1.807) is 12.1 Å². The van der Waals surface area contributed by atoms with Gasteiger partial charge in [-0.15, -0.1) is 0 Å². The Morgan fingerprint density at radius 1 is 1.10 bits per heavy atom. The predicted molar refractivity (Wildman–Crippen MR) is 115 cm³/mol. The zero-order valence-corrected chi connectivity index (χ0v) is 16.5. The molecule has 0 radical (unpaired) electrons. The number of methoxy groups -OCH3 is 1. The zero-order chi connectivity index (χ0) is 21.1. The monoisotopic (exact) mass is 406 g/mol. The van der Waals surface area contributed by atoms with Crippen LogP contribution in [0.15, 0.2) is 58.3 Å². The van der Waals surface area contributed by atoms with Crippen molar-refractivity contribution < 1.29 is 9.53 Å². The third-order valence-electron chi connectivity index (χ3n) is 5.12. The van der Waals surface area contributed by atoms with E-state index in [0.29, 0.717) is 29.4 Å². The SMILES string of the molecule is COCCn1c(=O)[nH]c2cc(C(=O)NCCc3c[nH]c4ccccc34)ccc2c1=O. The van der Waals surface area contributed by atoms with Crippen molar-refractivity contribution >= 4 is 27.7 Å². The molecule has 1 amide bonds. The van der Waals surface area contributed by atoms with Gasteiger partial charge >= 0.3 is 5.69 Å². The number of benzene rings is 2. The van der Waals surface area contributed by atoms with E-state index in [9.17, 15) is 14.4 Å². The molecule has 0 atom stereocenters. The minimum Gasteiger partial charge on any atom is -0.383 e. The molecule has 8 heteroatoms. The second-order valence-electron chi connectivity index (χ2n) is 7.01. The highest BCUT2D eigenvalue weighted by Crippen LogP contribution is 2.17. The van der Waals surface area contributed by atoms with Gasteiger partial charge in [-0.05, 0) is 36.2 Å². The summed E-state index contributed by atoms with van der Waals surface area (Å²) < 4.78 is 6.03. The highest BCUT2D eigenvalue weighted by Gasteiger charge is 2.12. The summed E-state index contributed by atoms with van der Waals surface area (Å²) in [5, 5.41) is 4.38. The number of carbonyl (C=O) groups excluding carboxylic acids is 1. The van der Waals surface area contributed by atoms with E-state index in [2.05, 4.69) is 15.3 Å². The van der Waals surface area contributed by atoms with Crippen LogP contribution in [0, 0.1) is 0 Å². The average Bonchev–Trinajstić information content (AvgIpc) is 3.16. The Kier molecular flexibility index (Phi) is 5.49. The van der Waals surface area contributed by atoms with E-state index in [1.165, 1.54) is 13.2 Å². The highest BCUT2D eigenvalue weighted by atomic mass is 16.5. The van der Waals surface area contributed by atoms with Crippen LogP contribution in [0.2, 0.25) is 0 Å². The molecule has 154 valence electrons. The van der Waals surface area contributed by atoms with E-state index in [4.69, 9.17) is 4.74 Å². The second kappa shape index (κ2) is 8.38.